The van der Waals surface area contributed by atoms with Gasteiger partial charge in [0.15, 0.2) is 11.5 Å². The number of piperidine rings is 1. The Kier molecular flexibility index (Phi) is 3.89. The number of nitrogens with one attached hydrogen (secondary N) is 1. The number of fused-ring (bicyclic) bond motifs is 1. The first-order valence-electron chi connectivity index (χ1n) is 7.03. The molecular weight excluding hydrogens is 242 g/mol. The van der Waals surface area contributed by atoms with E-state index in [-0.39, 0.29) is 0 Å². The van der Waals surface area contributed by atoms with Crippen LogP contribution < -0.4 is 14.8 Å². The number of methoxy groups -OCH3 is 1. The molecule has 104 valence electrons. The normalized spacial score (nSPS) is 22.3. The van der Waals surface area contributed by atoms with Crippen molar-refractivity contribution in [2.75, 3.05) is 26.9 Å². The monoisotopic (exact) mass is 263 g/mol. The van der Waals surface area contributed by atoms with Gasteiger partial charge in [-0.15, -0.1) is 0 Å². The lowest BCUT2D eigenvalue weighted by atomic mass is 9.93. The van der Waals surface area contributed by atoms with Crippen LogP contribution >= 0.6 is 0 Å². The Hall–Kier alpha value is -1.26. The molecule has 0 aliphatic carbocycles. The fraction of sp³-hybridized carbons (Fsp3) is 0.600. The van der Waals surface area contributed by atoms with Crippen molar-refractivity contribution in [1.82, 2.24) is 5.32 Å². The van der Waals surface area contributed by atoms with E-state index in [0.29, 0.717) is 25.9 Å². The molecule has 0 aromatic heterocycles. The van der Waals surface area contributed by atoms with Gasteiger partial charge in [0.2, 0.25) is 0 Å². The molecule has 1 aromatic carbocycles. The molecule has 2 aliphatic rings. The zero-order chi connectivity index (χ0) is 13.1. The summed E-state index contributed by atoms with van der Waals surface area (Å²) in [4.78, 5) is 0. The molecule has 0 spiro atoms. The molecule has 4 heteroatoms. The van der Waals surface area contributed by atoms with Gasteiger partial charge in [-0.3, -0.25) is 0 Å². The van der Waals surface area contributed by atoms with Crippen LogP contribution in [0.2, 0.25) is 0 Å². The Morgan fingerprint density at radius 3 is 2.68 bits per heavy atom. The summed E-state index contributed by atoms with van der Waals surface area (Å²) in [6, 6.07) is 4.62. The Morgan fingerprint density at radius 2 is 2.00 bits per heavy atom. The molecule has 3 rings (SSSR count). The van der Waals surface area contributed by atoms with Crippen molar-refractivity contribution in [3.63, 3.8) is 0 Å². The second kappa shape index (κ2) is 5.80. The standard InChI is InChI=1S/C15H21NO3/c1-17-10-11-8-14-15(19-7-6-18-14)9-12(11)13-4-2-3-5-16-13/h8-9,13,16H,2-7,10H2,1H3. The van der Waals surface area contributed by atoms with Gasteiger partial charge in [0.05, 0.1) is 6.61 Å². The van der Waals surface area contributed by atoms with E-state index < -0.39 is 0 Å². The Morgan fingerprint density at radius 1 is 1.21 bits per heavy atom. The van der Waals surface area contributed by atoms with E-state index in [2.05, 4.69) is 17.4 Å². The van der Waals surface area contributed by atoms with Gasteiger partial charge in [-0.05, 0) is 42.6 Å². The van der Waals surface area contributed by atoms with Crippen LogP contribution in [0.25, 0.3) is 0 Å². The van der Waals surface area contributed by atoms with E-state index in [4.69, 9.17) is 14.2 Å². The topological polar surface area (TPSA) is 39.7 Å². The molecule has 1 unspecified atom stereocenters. The fourth-order valence-electron chi connectivity index (χ4n) is 2.87. The lowest BCUT2D eigenvalue weighted by Gasteiger charge is -2.28. The third-order valence-electron chi connectivity index (χ3n) is 3.79. The molecule has 4 nitrogen and oxygen atoms in total. The number of hydrogen-bond donors (Lipinski definition) is 1. The first-order valence-corrected chi connectivity index (χ1v) is 7.03. The quantitative estimate of drug-likeness (QED) is 0.909. The summed E-state index contributed by atoms with van der Waals surface area (Å²) in [6.45, 7) is 2.96. The van der Waals surface area contributed by atoms with Crippen LogP contribution in [0.3, 0.4) is 0 Å². The molecule has 0 radical (unpaired) electrons. The molecule has 2 aliphatic heterocycles. The summed E-state index contributed by atoms with van der Waals surface area (Å²) in [5.74, 6) is 1.71. The molecule has 1 fully saturated rings. The predicted molar refractivity (Wildman–Crippen MR) is 72.7 cm³/mol. The largest absolute Gasteiger partial charge is 0.486 e. The third kappa shape index (κ3) is 2.69. The lowest BCUT2D eigenvalue weighted by molar-refractivity contribution is 0.166. The van der Waals surface area contributed by atoms with Gasteiger partial charge >= 0.3 is 0 Å². The zero-order valence-electron chi connectivity index (χ0n) is 11.4. The van der Waals surface area contributed by atoms with Crippen LogP contribution in [0.15, 0.2) is 12.1 Å². The van der Waals surface area contributed by atoms with Gasteiger partial charge in [0.25, 0.3) is 0 Å². The summed E-state index contributed by atoms with van der Waals surface area (Å²) < 4.78 is 16.7. The van der Waals surface area contributed by atoms with Gasteiger partial charge in [0.1, 0.15) is 13.2 Å². The lowest BCUT2D eigenvalue weighted by Crippen LogP contribution is -2.28. The van der Waals surface area contributed by atoms with Crippen LogP contribution in [-0.4, -0.2) is 26.9 Å². The molecule has 0 bridgehead atoms. The first-order chi connectivity index (χ1) is 9.38. The summed E-state index contributed by atoms with van der Waals surface area (Å²) in [7, 11) is 1.73. The summed E-state index contributed by atoms with van der Waals surface area (Å²) >= 11 is 0. The maximum atomic E-state index is 5.69. The number of rotatable bonds is 3. The fourth-order valence-corrected chi connectivity index (χ4v) is 2.87. The van der Waals surface area contributed by atoms with E-state index in [0.717, 1.165) is 18.0 Å². The van der Waals surface area contributed by atoms with Crippen molar-refractivity contribution >= 4 is 0 Å². The summed E-state index contributed by atoms with van der Waals surface area (Å²) in [5.41, 5.74) is 2.50. The second-order valence-corrected chi connectivity index (χ2v) is 5.13. The molecule has 1 saturated heterocycles. The zero-order valence-corrected chi connectivity index (χ0v) is 11.4. The van der Waals surface area contributed by atoms with Crippen molar-refractivity contribution in [2.24, 2.45) is 0 Å². The number of ether oxygens (including phenoxy) is 3. The Balaban J connectivity index is 1.94. The summed E-state index contributed by atoms with van der Waals surface area (Å²) in [5, 5.41) is 3.59. The maximum absolute atomic E-state index is 5.69. The smallest absolute Gasteiger partial charge is 0.161 e. The van der Waals surface area contributed by atoms with Crippen molar-refractivity contribution in [3.05, 3.63) is 23.3 Å². The van der Waals surface area contributed by atoms with Gasteiger partial charge in [-0.1, -0.05) is 6.42 Å². The van der Waals surface area contributed by atoms with Gasteiger partial charge in [0, 0.05) is 13.2 Å². The van der Waals surface area contributed by atoms with Crippen LogP contribution in [0.1, 0.15) is 36.4 Å². The molecule has 0 amide bonds. The highest BCUT2D eigenvalue weighted by Crippen LogP contribution is 2.37. The van der Waals surface area contributed by atoms with Crippen molar-refractivity contribution < 1.29 is 14.2 Å². The SMILES string of the molecule is COCc1cc2c(cc1C1CCCCN1)OCCO2. The van der Waals surface area contributed by atoms with Gasteiger partial charge in [-0.25, -0.2) is 0 Å². The molecule has 0 saturated carbocycles. The average Bonchev–Trinajstić information content (AvgIpc) is 2.48. The predicted octanol–water partition coefficient (Wildman–Crippen LogP) is 2.42. The number of hydrogen-bond acceptors (Lipinski definition) is 4. The molecule has 2 heterocycles. The van der Waals surface area contributed by atoms with Crippen LogP contribution in [0.5, 0.6) is 11.5 Å². The van der Waals surface area contributed by atoms with Crippen molar-refractivity contribution in [3.8, 4) is 11.5 Å². The summed E-state index contributed by atoms with van der Waals surface area (Å²) in [6.07, 6.45) is 3.72. The second-order valence-electron chi connectivity index (χ2n) is 5.13. The first kappa shape index (κ1) is 12.8. The van der Waals surface area contributed by atoms with Crippen molar-refractivity contribution in [2.45, 2.75) is 31.9 Å². The molecular formula is C15H21NO3. The van der Waals surface area contributed by atoms with E-state index in [1.165, 1.54) is 30.4 Å². The third-order valence-corrected chi connectivity index (χ3v) is 3.79. The van der Waals surface area contributed by atoms with Gasteiger partial charge in [-0.2, -0.15) is 0 Å². The maximum Gasteiger partial charge on any atom is 0.161 e. The average molecular weight is 263 g/mol. The van der Waals surface area contributed by atoms with Crippen molar-refractivity contribution in [1.29, 1.82) is 0 Å². The minimum absolute atomic E-state index is 0.412. The number of benzene rings is 1. The molecule has 1 N–H and O–H groups in total. The molecule has 1 atom stereocenters. The Bertz CT molecular complexity index is 441. The highest BCUT2D eigenvalue weighted by Gasteiger charge is 2.22. The van der Waals surface area contributed by atoms with E-state index in [1.54, 1.807) is 7.11 Å². The van der Waals surface area contributed by atoms with E-state index >= 15 is 0 Å². The molecule has 1 aromatic rings. The van der Waals surface area contributed by atoms with Crippen LogP contribution in [0, 0.1) is 0 Å². The van der Waals surface area contributed by atoms with E-state index in [1.807, 2.05) is 0 Å². The molecule has 19 heavy (non-hydrogen) atoms. The highest BCUT2D eigenvalue weighted by molar-refractivity contribution is 5.49. The van der Waals surface area contributed by atoms with Gasteiger partial charge < -0.3 is 19.5 Å². The van der Waals surface area contributed by atoms with E-state index in [9.17, 15) is 0 Å². The van der Waals surface area contributed by atoms with Crippen LogP contribution in [0.4, 0.5) is 0 Å². The minimum Gasteiger partial charge on any atom is -0.486 e. The highest BCUT2D eigenvalue weighted by atomic mass is 16.6. The van der Waals surface area contributed by atoms with Crippen LogP contribution in [-0.2, 0) is 11.3 Å². The minimum atomic E-state index is 0.412. The Labute approximate surface area is 114 Å².